The molecule has 1 aromatic rings. The maximum atomic E-state index is 12.2. The topological polar surface area (TPSA) is 34.1 Å². The minimum absolute atomic E-state index is 0.127. The third-order valence-electron chi connectivity index (χ3n) is 1.55. The van der Waals surface area contributed by atoms with E-state index in [-0.39, 0.29) is 4.90 Å². The van der Waals surface area contributed by atoms with Crippen LogP contribution >= 0.6 is 15.9 Å². The molecule has 0 radical (unpaired) electrons. The first-order valence-corrected chi connectivity index (χ1v) is 6.18. The first kappa shape index (κ1) is 10.7. The largest absolute Gasteiger partial charge is 0.246 e. The van der Waals surface area contributed by atoms with Gasteiger partial charge in [-0.2, -0.15) is 0 Å². The molecular formula is C8H8BrFO2S. The van der Waals surface area contributed by atoms with Crippen LogP contribution in [0.5, 0.6) is 0 Å². The van der Waals surface area contributed by atoms with E-state index >= 15 is 0 Å². The van der Waals surface area contributed by atoms with E-state index in [0.29, 0.717) is 10.0 Å². The molecule has 0 N–H and O–H groups in total. The lowest BCUT2D eigenvalue weighted by Gasteiger charge is -2.03. The summed E-state index contributed by atoms with van der Waals surface area (Å²) in [5, 5.41) is 0. The Bertz CT molecular complexity index is 414. The highest BCUT2D eigenvalue weighted by molar-refractivity contribution is 9.10. The third-order valence-corrected chi connectivity index (χ3v) is 3.64. The van der Waals surface area contributed by atoms with Crippen molar-refractivity contribution in [3.63, 3.8) is 0 Å². The van der Waals surface area contributed by atoms with Crippen LogP contribution in [0.2, 0.25) is 0 Å². The van der Waals surface area contributed by atoms with Gasteiger partial charge in [0, 0.05) is 10.7 Å². The highest BCUT2D eigenvalue weighted by atomic mass is 79.9. The predicted octanol–water partition coefficient (Wildman–Crippen LogP) is 2.32. The SMILES string of the molecule is CS(=O)(=O)c1cc(CF)ccc1Br. The fourth-order valence-corrected chi connectivity index (χ4v) is 2.83. The molecule has 0 atom stereocenters. The zero-order valence-corrected chi connectivity index (χ0v) is 9.32. The second-order valence-electron chi connectivity index (χ2n) is 2.67. The van der Waals surface area contributed by atoms with Gasteiger partial charge in [0.15, 0.2) is 9.84 Å². The lowest BCUT2D eigenvalue weighted by Crippen LogP contribution is -1.99. The van der Waals surface area contributed by atoms with Crippen molar-refractivity contribution in [2.45, 2.75) is 11.6 Å². The van der Waals surface area contributed by atoms with E-state index in [0.717, 1.165) is 6.26 Å². The molecule has 0 fully saturated rings. The Hall–Kier alpha value is -0.420. The first-order chi connectivity index (χ1) is 5.95. The summed E-state index contributed by atoms with van der Waals surface area (Å²) >= 11 is 3.09. The molecule has 2 nitrogen and oxygen atoms in total. The van der Waals surface area contributed by atoms with Gasteiger partial charge in [-0.05, 0) is 33.6 Å². The van der Waals surface area contributed by atoms with E-state index in [2.05, 4.69) is 15.9 Å². The van der Waals surface area contributed by atoms with Crippen molar-refractivity contribution in [1.29, 1.82) is 0 Å². The van der Waals surface area contributed by atoms with E-state index < -0.39 is 16.5 Å². The van der Waals surface area contributed by atoms with Gasteiger partial charge in [-0.15, -0.1) is 0 Å². The summed E-state index contributed by atoms with van der Waals surface area (Å²) in [6.45, 7) is -0.657. The number of alkyl halides is 1. The minimum atomic E-state index is -3.28. The van der Waals surface area contributed by atoms with Gasteiger partial charge in [0.2, 0.25) is 0 Å². The Morgan fingerprint density at radius 3 is 2.54 bits per heavy atom. The number of sulfone groups is 1. The molecule has 1 aromatic carbocycles. The number of hydrogen-bond acceptors (Lipinski definition) is 2. The van der Waals surface area contributed by atoms with Gasteiger partial charge >= 0.3 is 0 Å². The molecule has 1 rings (SSSR count). The zero-order chi connectivity index (χ0) is 10.1. The van der Waals surface area contributed by atoms with Crippen molar-refractivity contribution in [2.75, 3.05) is 6.26 Å². The van der Waals surface area contributed by atoms with E-state index in [4.69, 9.17) is 0 Å². The van der Waals surface area contributed by atoms with Crippen LogP contribution in [0.25, 0.3) is 0 Å². The maximum Gasteiger partial charge on any atom is 0.176 e. The molecule has 0 saturated carbocycles. The molecular weight excluding hydrogens is 259 g/mol. The number of benzene rings is 1. The maximum absolute atomic E-state index is 12.2. The average molecular weight is 267 g/mol. The Balaban J connectivity index is 3.36. The fourth-order valence-electron chi connectivity index (χ4n) is 0.915. The lowest BCUT2D eigenvalue weighted by atomic mass is 10.2. The number of hydrogen-bond donors (Lipinski definition) is 0. The Kier molecular flexibility index (Phi) is 3.08. The standard InChI is InChI=1S/C8H8BrFO2S/c1-13(11,12)8-4-6(5-10)2-3-7(8)9/h2-4H,5H2,1H3. The Labute approximate surface area is 84.8 Å². The van der Waals surface area contributed by atoms with Crippen LogP contribution in [0.3, 0.4) is 0 Å². The van der Waals surface area contributed by atoms with Crippen LogP contribution in [0.15, 0.2) is 27.6 Å². The second-order valence-corrected chi connectivity index (χ2v) is 5.51. The summed E-state index contributed by atoms with van der Waals surface area (Å²) in [4.78, 5) is 0.127. The van der Waals surface area contributed by atoms with Gasteiger partial charge in [0.05, 0.1) is 4.90 Å². The van der Waals surface area contributed by atoms with Crippen molar-refractivity contribution in [2.24, 2.45) is 0 Å². The summed E-state index contributed by atoms with van der Waals surface area (Å²) < 4.78 is 35.0. The monoisotopic (exact) mass is 266 g/mol. The van der Waals surface area contributed by atoms with Gasteiger partial charge in [0.1, 0.15) is 6.67 Å². The molecule has 0 saturated heterocycles. The summed E-state index contributed by atoms with van der Waals surface area (Å²) in [6, 6.07) is 4.41. The Morgan fingerprint density at radius 1 is 1.46 bits per heavy atom. The van der Waals surface area contributed by atoms with Crippen molar-refractivity contribution in [1.82, 2.24) is 0 Å². The van der Waals surface area contributed by atoms with Crippen LogP contribution in [0.1, 0.15) is 5.56 Å². The third kappa shape index (κ3) is 2.51. The summed E-state index contributed by atoms with van der Waals surface area (Å²) in [7, 11) is -3.28. The van der Waals surface area contributed by atoms with Gasteiger partial charge < -0.3 is 0 Å². The highest BCUT2D eigenvalue weighted by Gasteiger charge is 2.11. The number of rotatable bonds is 2. The fraction of sp³-hybridized carbons (Fsp3) is 0.250. The van der Waals surface area contributed by atoms with Gasteiger partial charge in [0.25, 0.3) is 0 Å². The Morgan fingerprint density at radius 2 is 2.08 bits per heavy atom. The molecule has 0 unspecified atom stereocenters. The molecule has 0 heterocycles. The summed E-state index contributed by atoms with van der Waals surface area (Å²) in [6.07, 6.45) is 1.09. The van der Waals surface area contributed by atoms with Gasteiger partial charge in [-0.1, -0.05) is 6.07 Å². The molecule has 0 aliphatic carbocycles. The quantitative estimate of drug-likeness (QED) is 0.824. The zero-order valence-electron chi connectivity index (χ0n) is 6.92. The van der Waals surface area contributed by atoms with E-state index in [9.17, 15) is 12.8 Å². The second kappa shape index (κ2) is 3.75. The highest BCUT2D eigenvalue weighted by Crippen LogP contribution is 2.23. The van der Waals surface area contributed by atoms with Crippen molar-refractivity contribution < 1.29 is 12.8 Å². The molecule has 0 amide bonds. The first-order valence-electron chi connectivity index (χ1n) is 3.49. The molecule has 5 heteroatoms. The van der Waals surface area contributed by atoms with Crippen LogP contribution in [-0.2, 0) is 16.5 Å². The van der Waals surface area contributed by atoms with Crippen LogP contribution in [0, 0.1) is 0 Å². The van der Waals surface area contributed by atoms with Crippen molar-refractivity contribution in [3.8, 4) is 0 Å². The van der Waals surface area contributed by atoms with Crippen LogP contribution in [0.4, 0.5) is 4.39 Å². The van der Waals surface area contributed by atoms with Gasteiger partial charge in [-0.25, -0.2) is 12.8 Å². The summed E-state index contributed by atoms with van der Waals surface area (Å²) in [5.41, 5.74) is 0.364. The molecule has 72 valence electrons. The molecule has 0 spiro atoms. The van der Waals surface area contributed by atoms with Crippen molar-refractivity contribution >= 4 is 25.8 Å². The lowest BCUT2D eigenvalue weighted by molar-refractivity contribution is 0.484. The van der Waals surface area contributed by atoms with E-state index in [1.54, 1.807) is 6.07 Å². The van der Waals surface area contributed by atoms with Gasteiger partial charge in [-0.3, -0.25) is 0 Å². The normalized spacial score (nSPS) is 11.6. The van der Waals surface area contributed by atoms with E-state index in [1.165, 1.54) is 12.1 Å². The minimum Gasteiger partial charge on any atom is -0.246 e. The van der Waals surface area contributed by atoms with Crippen molar-refractivity contribution in [3.05, 3.63) is 28.2 Å². The molecule has 0 bridgehead atoms. The predicted molar refractivity (Wildman–Crippen MR) is 52.1 cm³/mol. The average Bonchev–Trinajstić information content (AvgIpc) is 2.03. The smallest absolute Gasteiger partial charge is 0.176 e. The molecule has 0 aliphatic rings. The number of halogens is 2. The summed E-state index contributed by atoms with van der Waals surface area (Å²) in [5.74, 6) is 0. The van der Waals surface area contributed by atoms with E-state index in [1.807, 2.05) is 0 Å². The van der Waals surface area contributed by atoms with Crippen LogP contribution in [-0.4, -0.2) is 14.7 Å². The molecule has 0 aromatic heterocycles. The molecule has 13 heavy (non-hydrogen) atoms. The van der Waals surface area contributed by atoms with Crippen LogP contribution < -0.4 is 0 Å². The molecule has 0 aliphatic heterocycles.